The van der Waals surface area contributed by atoms with Crippen molar-refractivity contribution in [1.82, 2.24) is 9.80 Å². The average molecular weight is 285 g/mol. The van der Waals surface area contributed by atoms with Crippen LogP contribution in [0.4, 0.5) is 0 Å². The summed E-state index contributed by atoms with van der Waals surface area (Å²) in [6.07, 6.45) is 3.62. The first-order valence-corrected chi connectivity index (χ1v) is 8.00. The molecule has 0 spiro atoms. The van der Waals surface area contributed by atoms with E-state index in [-0.39, 0.29) is 5.97 Å². The third-order valence-corrected chi connectivity index (χ3v) is 3.91. The van der Waals surface area contributed by atoms with Crippen molar-refractivity contribution in [2.45, 2.75) is 33.1 Å². The van der Waals surface area contributed by atoms with Crippen molar-refractivity contribution in [1.29, 1.82) is 0 Å². The first-order valence-electron chi connectivity index (χ1n) is 8.00. The van der Waals surface area contributed by atoms with Crippen LogP contribution in [0.2, 0.25) is 0 Å². The van der Waals surface area contributed by atoms with Crippen molar-refractivity contribution in [3.05, 3.63) is 0 Å². The normalized spacial score (nSPS) is 18.9. The number of nitrogens with two attached hydrogens (primary N) is 1. The average Bonchev–Trinajstić information content (AvgIpc) is 2.42. The van der Waals surface area contributed by atoms with E-state index in [0.717, 1.165) is 51.6 Å². The molecule has 1 unspecified atom stereocenters. The van der Waals surface area contributed by atoms with E-state index in [0.29, 0.717) is 13.2 Å². The molecule has 1 aliphatic rings. The highest BCUT2D eigenvalue weighted by Gasteiger charge is 2.21. The molecule has 1 heterocycles. The van der Waals surface area contributed by atoms with E-state index < -0.39 is 0 Å². The molecular weight excluding hydrogens is 254 g/mol. The standard InChI is InChI=1S/C15H31N3O2/c1-3-5-14(6-7-16)12-17-8-10-18(11-9-17)13-15(19)20-4-2/h14H,3-13,16H2,1-2H3. The van der Waals surface area contributed by atoms with Gasteiger partial charge in [0.1, 0.15) is 0 Å². The first-order chi connectivity index (χ1) is 9.69. The molecule has 5 heteroatoms. The van der Waals surface area contributed by atoms with E-state index in [9.17, 15) is 4.79 Å². The zero-order chi connectivity index (χ0) is 14.8. The fourth-order valence-corrected chi connectivity index (χ4v) is 2.86. The molecule has 0 radical (unpaired) electrons. The van der Waals surface area contributed by atoms with E-state index in [2.05, 4.69) is 16.7 Å². The zero-order valence-corrected chi connectivity index (χ0v) is 13.1. The third kappa shape index (κ3) is 6.68. The topological polar surface area (TPSA) is 58.8 Å². The highest BCUT2D eigenvalue weighted by atomic mass is 16.5. The lowest BCUT2D eigenvalue weighted by atomic mass is 9.99. The number of piperazine rings is 1. The Labute approximate surface area is 123 Å². The molecule has 1 rings (SSSR count). The van der Waals surface area contributed by atoms with E-state index in [4.69, 9.17) is 10.5 Å². The monoisotopic (exact) mass is 285 g/mol. The van der Waals surface area contributed by atoms with Gasteiger partial charge in [-0.3, -0.25) is 9.69 Å². The SMILES string of the molecule is CCCC(CCN)CN1CCN(CC(=O)OCC)CC1. The van der Waals surface area contributed by atoms with Crippen LogP contribution in [0.5, 0.6) is 0 Å². The highest BCUT2D eigenvalue weighted by molar-refractivity contribution is 5.71. The molecule has 0 bridgehead atoms. The second-order valence-corrected chi connectivity index (χ2v) is 5.61. The minimum atomic E-state index is -0.104. The summed E-state index contributed by atoms with van der Waals surface area (Å²) in [6.45, 7) is 10.9. The molecule has 0 aliphatic carbocycles. The number of nitrogens with zero attached hydrogens (tertiary/aromatic N) is 2. The number of rotatable bonds is 9. The smallest absolute Gasteiger partial charge is 0.320 e. The van der Waals surface area contributed by atoms with Gasteiger partial charge in [0.15, 0.2) is 0 Å². The summed E-state index contributed by atoms with van der Waals surface area (Å²) in [5, 5.41) is 0. The maximum Gasteiger partial charge on any atom is 0.320 e. The van der Waals surface area contributed by atoms with Crippen LogP contribution in [0.15, 0.2) is 0 Å². The first kappa shape index (κ1) is 17.4. The van der Waals surface area contributed by atoms with Gasteiger partial charge in [-0.1, -0.05) is 13.3 Å². The highest BCUT2D eigenvalue weighted by Crippen LogP contribution is 2.14. The molecule has 5 nitrogen and oxygen atoms in total. The summed E-state index contributed by atoms with van der Waals surface area (Å²) in [4.78, 5) is 16.1. The molecule has 0 aromatic heterocycles. The van der Waals surface area contributed by atoms with Crippen molar-refractivity contribution in [2.75, 3.05) is 52.4 Å². The van der Waals surface area contributed by atoms with E-state index in [1.807, 2.05) is 6.92 Å². The molecule has 118 valence electrons. The number of ether oxygens (including phenoxy) is 1. The van der Waals surface area contributed by atoms with Gasteiger partial charge in [0.25, 0.3) is 0 Å². The third-order valence-electron chi connectivity index (χ3n) is 3.91. The van der Waals surface area contributed by atoms with Crippen LogP contribution < -0.4 is 5.73 Å². The van der Waals surface area contributed by atoms with Crippen molar-refractivity contribution in [2.24, 2.45) is 11.7 Å². The minimum absolute atomic E-state index is 0.104. The largest absolute Gasteiger partial charge is 0.465 e. The van der Waals surface area contributed by atoms with Gasteiger partial charge in [-0.2, -0.15) is 0 Å². The van der Waals surface area contributed by atoms with Crippen LogP contribution in [-0.2, 0) is 9.53 Å². The summed E-state index contributed by atoms with van der Waals surface area (Å²) in [7, 11) is 0. The lowest BCUT2D eigenvalue weighted by Gasteiger charge is -2.36. The van der Waals surface area contributed by atoms with Crippen LogP contribution in [0.25, 0.3) is 0 Å². The van der Waals surface area contributed by atoms with E-state index in [1.165, 1.54) is 12.8 Å². The molecular formula is C15H31N3O2. The van der Waals surface area contributed by atoms with Crippen LogP contribution in [-0.4, -0.2) is 68.2 Å². The molecule has 1 fully saturated rings. The number of carbonyl (C=O) groups is 1. The van der Waals surface area contributed by atoms with Crippen LogP contribution in [0, 0.1) is 5.92 Å². The molecule has 2 N–H and O–H groups in total. The Morgan fingerprint density at radius 2 is 1.80 bits per heavy atom. The molecule has 1 atom stereocenters. The zero-order valence-electron chi connectivity index (χ0n) is 13.1. The van der Waals surface area contributed by atoms with E-state index in [1.54, 1.807) is 0 Å². The van der Waals surface area contributed by atoms with Crippen LogP contribution in [0.3, 0.4) is 0 Å². The van der Waals surface area contributed by atoms with Gasteiger partial charge in [-0.25, -0.2) is 0 Å². The Balaban J connectivity index is 2.25. The minimum Gasteiger partial charge on any atom is -0.465 e. The van der Waals surface area contributed by atoms with Crippen molar-refractivity contribution in [3.63, 3.8) is 0 Å². The maximum atomic E-state index is 11.4. The maximum absolute atomic E-state index is 11.4. The van der Waals surface area contributed by atoms with Gasteiger partial charge < -0.3 is 15.4 Å². The number of hydrogen-bond acceptors (Lipinski definition) is 5. The molecule has 1 saturated heterocycles. The summed E-state index contributed by atoms with van der Waals surface area (Å²) in [5.74, 6) is 0.620. The van der Waals surface area contributed by atoms with Crippen molar-refractivity contribution in [3.8, 4) is 0 Å². The Hall–Kier alpha value is -0.650. The summed E-state index contributed by atoms with van der Waals surface area (Å²) in [5.41, 5.74) is 5.69. The van der Waals surface area contributed by atoms with Gasteiger partial charge >= 0.3 is 5.97 Å². The second kappa shape index (κ2) is 10.1. The lowest BCUT2D eigenvalue weighted by Crippen LogP contribution is -2.49. The van der Waals surface area contributed by atoms with Gasteiger partial charge in [0.05, 0.1) is 13.2 Å². The molecule has 0 amide bonds. The van der Waals surface area contributed by atoms with Crippen molar-refractivity contribution < 1.29 is 9.53 Å². The molecule has 0 aromatic rings. The molecule has 0 aromatic carbocycles. The van der Waals surface area contributed by atoms with Gasteiger partial charge in [-0.05, 0) is 32.2 Å². The fourth-order valence-electron chi connectivity index (χ4n) is 2.86. The predicted molar refractivity (Wildman–Crippen MR) is 81.6 cm³/mol. The van der Waals surface area contributed by atoms with Gasteiger partial charge in [0.2, 0.25) is 0 Å². The quantitative estimate of drug-likeness (QED) is 0.639. The van der Waals surface area contributed by atoms with Crippen LogP contribution in [0.1, 0.15) is 33.1 Å². The fraction of sp³-hybridized carbons (Fsp3) is 0.933. The number of carbonyl (C=O) groups excluding carboxylic acids is 1. The lowest BCUT2D eigenvalue weighted by molar-refractivity contribution is -0.144. The Bertz CT molecular complexity index is 260. The van der Waals surface area contributed by atoms with E-state index >= 15 is 0 Å². The molecule has 20 heavy (non-hydrogen) atoms. The second-order valence-electron chi connectivity index (χ2n) is 5.61. The Kier molecular flexibility index (Phi) is 8.82. The van der Waals surface area contributed by atoms with Crippen molar-refractivity contribution >= 4 is 5.97 Å². The summed E-state index contributed by atoms with van der Waals surface area (Å²) in [6, 6.07) is 0. The number of hydrogen-bond donors (Lipinski definition) is 1. The van der Waals surface area contributed by atoms with Gasteiger partial charge in [-0.15, -0.1) is 0 Å². The summed E-state index contributed by atoms with van der Waals surface area (Å²) >= 11 is 0. The molecule has 1 aliphatic heterocycles. The Morgan fingerprint density at radius 3 is 2.35 bits per heavy atom. The van der Waals surface area contributed by atoms with Gasteiger partial charge in [0, 0.05) is 32.7 Å². The molecule has 0 saturated carbocycles. The predicted octanol–water partition coefficient (Wildman–Crippen LogP) is 0.932. The summed E-state index contributed by atoms with van der Waals surface area (Å²) < 4.78 is 4.99. The van der Waals surface area contributed by atoms with Crippen LogP contribution >= 0.6 is 0 Å². The number of esters is 1. The Morgan fingerprint density at radius 1 is 1.15 bits per heavy atom.